The van der Waals surface area contributed by atoms with Crippen molar-refractivity contribution in [1.29, 1.82) is 0 Å². The number of rotatable bonds is 20. The number of aliphatic hydroxyl groups excluding tert-OH is 1. The molecule has 1 unspecified atom stereocenters. The number of carbonyl (C=O) groups is 4. The van der Waals surface area contributed by atoms with Crippen LogP contribution in [-0.2, 0) is 25.6 Å². The minimum absolute atomic E-state index is 0.0780. The van der Waals surface area contributed by atoms with E-state index in [0.29, 0.717) is 85.4 Å². The summed E-state index contributed by atoms with van der Waals surface area (Å²) in [6.07, 6.45) is 13.8. The summed E-state index contributed by atoms with van der Waals surface area (Å²) < 4.78 is 5.33. The normalized spacial score (nSPS) is 14.6. The smallest absolute Gasteiger partial charge is 0.277 e. The Morgan fingerprint density at radius 2 is 0.672 bits per heavy atom. The lowest BCUT2D eigenvalue weighted by atomic mass is 10.00. The number of nitrogens with two attached hydrogens (primary N) is 4. The second kappa shape index (κ2) is 39.0. The van der Waals surface area contributed by atoms with Gasteiger partial charge in [-0.25, -0.2) is 19.9 Å². The van der Waals surface area contributed by atoms with Gasteiger partial charge in [-0.15, -0.1) is 0 Å². The molecular formula is C82H98N24O9S4. The Kier molecular flexibility index (Phi) is 28.0. The average Bonchev–Trinajstić information content (AvgIpc) is 1.66. The molecule has 12 aromatic rings. The molecule has 0 radical (unpaired) electrons. The van der Waals surface area contributed by atoms with Gasteiger partial charge >= 0.3 is 0 Å². The molecule has 624 valence electrons. The third-order valence-corrected chi connectivity index (χ3v) is 24.2. The summed E-state index contributed by atoms with van der Waals surface area (Å²) >= 11 is 5.38. The minimum Gasteiger partial charge on any atom is -0.389 e. The van der Waals surface area contributed by atoms with E-state index in [1.165, 1.54) is 95.2 Å². The fourth-order valence-corrected chi connectivity index (χ4v) is 17.6. The van der Waals surface area contributed by atoms with Crippen molar-refractivity contribution in [3.05, 3.63) is 167 Å². The molecule has 4 aromatic carbocycles. The molecule has 37 heteroatoms. The van der Waals surface area contributed by atoms with Crippen LogP contribution < -0.4 is 86.0 Å². The molecule has 8 aromatic heterocycles. The van der Waals surface area contributed by atoms with Crippen LogP contribution >= 0.6 is 45.3 Å². The van der Waals surface area contributed by atoms with Gasteiger partial charge in [0.05, 0.1) is 32.3 Å². The highest BCUT2D eigenvalue weighted by atomic mass is 32.1. The van der Waals surface area contributed by atoms with E-state index in [1.54, 1.807) is 43.3 Å². The maximum atomic E-state index is 12.7. The zero-order chi connectivity index (χ0) is 84.1. The molecule has 119 heavy (non-hydrogen) atoms. The molecule has 13 N–H and O–H groups in total. The zero-order valence-electron chi connectivity index (χ0n) is 67.1. The first-order valence-corrected chi connectivity index (χ1v) is 43.2. The van der Waals surface area contributed by atoms with E-state index in [-0.39, 0.29) is 78.0 Å². The molecular weight excluding hydrogens is 1590 g/mol. The summed E-state index contributed by atoms with van der Waals surface area (Å²) in [5, 5.41) is 41.6. The molecule has 0 aliphatic carbocycles. The Labute approximate surface area is 700 Å². The second-order valence-corrected chi connectivity index (χ2v) is 33.6. The van der Waals surface area contributed by atoms with Gasteiger partial charge in [-0.1, -0.05) is 78.3 Å². The lowest BCUT2D eigenvalue weighted by Gasteiger charge is -2.27. The fraction of sp³-hybridized carbons (Fsp3) is 0.390. The number of nitrogens with zero attached hydrogens (tertiary/aromatic N) is 16. The van der Waals surface area contributed by atoms with Gasteiger partial charge in [-0.3, -0.25) is 38.4 Å². The van der Waals surface area contributed by atoms with Crippen molar-refractivity contribution in [3.8, 4) is 42.3 Å². The molecule has 4 aliphatic rings. The van der Waals surface area contributed by atoms with E-state index in [9.17, 15) is 43.5 Å². The van der Waals surface area contributed by atoms with Crippen molar-refractivity contribution in [2.75, 3.05) is 119 Å². The lowest BCUT2D eigenvalue weighted by Crippen LogP contribution is -2.31. The minimum atomic E-state index is -0.737. The predicted octanol–water partition coefficient (Wildman–Crippen LogP) is 9.59. The number of aromatic nitrogens is 12. The summed E-state index contributed by atoms with van der Waals surface area (Å²) in [7, 11) is 0. The van der Waals surface area contributed by atoms with Crippen LogP contribution in [0, 0.1) is 0 Å². The van der Waals surface area contributed by atoms with Crippen molar-refractivity contribution in [2.24, 2.45) is 22.9 Å². The van der Waals surface area contributed by atoms with Crippen LogP contribution in [-0.4, -0.2) is 166 Å². The first-order chi connectivity index (χ1) is 57.4. The number of allylic oxidation sites excluding steroid dienone is 1. The molecule has 16 rings (SSSR count). The van der Waals surface area contributed by atoms with Crippen LogP contribution in [0.4, 0.5) is 46.0 Å². The molecule has 4 aliphatic heterocycles. The topological polar surface area (TPSA) is 443 Å². The first-order valence-electron chi connectivity index (χ1n) is 40.0. The Bertz CT molecular complexity index is 5800. The Morgan fingerprint density at radius 1 is 0.395 bits per heavy atom. The third kappa shape index (κ3) is 21.2. The molecule has 33 nitrogen and oxygen atoms in total. The highest BCUT2D eigenvalue weighted by molar-refractivity contribution is 7.20. The molecule has 0 saturated carbocycles. The number of nitrogens with one attached hydrogen (secondary N) is 4. The van der Waals surface area contributed by atoms with Crippen LogP contribution in [0.25, 0.3) is 67.7 Å². The number of benzene rings is 4. The van der Waals surface area contributed by atoms with Gasteiger partial charge in [0.25, 0.3) is 22.2 Å². The zero-order valence-corrected chi connectivity index (χ0v) is 70.4. The summed E-state index contributed by atoms with van der Waals surface area (Å²) in [6, 6.07) is 28.7. The van der Waals surface area contributed by atoms with Crippen molar-refractivity contribution in [2.45, 2.75) is 130 Å². The van der Waals surface area contributed by atoms with E-state index >= 15 is 0 Å². The van der Waals surface area contributed by atoms with Crippen molar-refractivity contribution < 1.29 is 24.3 Å². The van der Waals surface area contributed by atoms with Crippen LogP contribution in [0.15, 0.2) is 123 Å². The number of anilines is 8. The van der Waals surface area contributed by atoms with E-state index in [2.05, 4.69) is 91.7 Å². The van der Waals surface area contributed by atoms with Gasteiger partial charge in [0.1, 0.15) is 43.3 Å². The molecule has 0 bridgehead atoms. The van der Waals surface area contributed by atoms with Crippen molar-refractivity contribution in [1.82, 2.24) is 58.4 Å². The van der Waals surface area contributed by atoms with Gasteiger partial charge in [0.15, 0.2) is 0 Å². The lowest BCUT2D eigenvalue weighted by molar-refractivity contribution is -0.115. The van der Waals surface area contributed by atoms with Crippen molar-refractivity contribution >= 4 is 140 Å². The van der Waals surface area contributed by atoms with E-state index < -0.39 is 6.10 Å². The highest BCUT2D eigenvalue weighted by Gasteiger charge is 2.25. The molecule has 12 heterocycles. The Morgan fingerprint density at radius 3 is 0.958 bits per heavy atom. The number of hydrogen-bond acceptors (Lipinski definition) is 29. The molecule has 4 fully saturated rings. The Hall–Kier alpha value is -11.4. The maximum absolute atomic E-state index is 12.7. The van der Waals surface area contributed by atoms with Gasteiger partial charge in [0, 0.05) is 122 Å². The summed E-state index contributed by atoms with van der Waals surface area (Å²) in [6.45, 7) is 20.7. The van der Waals surface area contributed by atoms with Gasteiger partial charge < -0.3 is 68.9 Å². The van der Waals surface area contributed by atoms with Crippen molar-refractivity contribution in [3.63, 3.8) is 0 Å². The van der Waals surface area contributed by atoms with Gasteiger partial charge in [-0.2, -0.15) is 38.5 Å². The van der Waals surface area contributed by atoms with E-state index in [1.807, 2.05) is 68.4 Å². The number of carbonyl (C=O) groups excluding carboxylic acids is 4. The monoisotopic (exact) mass is 1690 g/mol. The second-order valence-electron chi connectivity index (χ2n) is 29.8. The average molecular weight is 1690 g/mol. The standard InChI is InChI=1S/C21H26N6O2S.C21H24N6O2S.C20H24N6O3S.C20H24N6O2S/c2*1-13(2)14-8-15(10-16(9-14)23-18(28)12-22)20-25-27-19(29)11-17(24-21(27)30-20)26-6-4-3-5-7-26;1-12(27)13-7-14(9-15(8-13)22-17(28)11-21)19-24-26-18(29)10-16(23-20(26)30-19)25-5-3-2-4-6-25;1-2-13-8-14(10-15(9-13)22-17(27)12-21)19-24-26-18(28)11-16(23-20(26)29-19)25-6-4-3-5-7-25/h8-11,13H,3-7,12,22H2,1-2H3,(H,23,28);8-11H,1,3-7,12,22H2,2H3,(H,23,28);7-10,12,27H,2-6,11,21H2,1H3,(H,22,28);8-11H,2-7,12,21H2,1H3,(H,22,27). The number of aliphatic hydroxyl groups is 1. The third-order valence-electron chi connectivity index (χ3n) is 20.4. The molecule has 1 atom stereocenters. The number of piperidine rings is 4. The summed E-state index contributed by atoms with van der Waals surface area (Å²) in [5.74, 6) is 1.98. The van der Waals surface area contributed by atoms with Crippen LogP contribution in [0.3, 0.4) is 0 Å². The number of amides is 4. The number of hydrogen-bond donors (Lipinski definition) is 9. The van der Waals surface area contributed by atoms with Crippen LogP contribution in [0.1, 0.15) is 146 Å². The van der Waals surface area contributed by atoms with Crippen LogP contribution in [0.5, 0.6) is 0 Å². The largest absolute Gasteiger partial charge is 0.389 e. The predicted molar refractivity (Wildman–Crippen MR) is 474 cm³/mol. The van der Waals surface area contributed by atoms with Gasteiger partial charge in [-0.05, 0) is 198 Å². The van der Waals surface area contributed by atoms with Gasteiger partial charge in [0.2, 0.25) is 43.5 Å². The van der Waals surface area contributed by atoms with E-state index in [4.69, 9.17) is 32.9 Å². The molecule has 4 amide bonds. The SMILES string of the molecule is C=C(C)c1cc(NC(=O)CN)cc(-c2nn3c(=O)cc(N4CCCCC4)nc3s2)c1.CC(C)c1cc(NC(=O)CN)cc(-c2nn3c(=O)cc(N4CCCCC4)nc3s2)c1.CC(O)c1cc(NC(=O)CN)cc(-c2nn3c(=O)cc(N4CCCCC4)nc3s2)c1.CCc1cc(NC(=O)CN)cc(-c2nn3c(=O)cc(N4CCCCC4)nc3s2)c1. The summed E-state index contributed by atoms with van der Waals surface area (Å²) in [5.41, 5.74) is 30.9. The number of fused-ring (bicyclic) bond motifs is 4. The summed E-state index contributed by atoms with van der Waals surface area (Å²) in [4.78, 5) is 127. The number of aryl methyl sites for hydroxylation is 1. The highest BCUT2D eigenvalue weighted by Crippen LogP contribution is 2.37. The first kappa shape index (κ1) is 85.5. The van der Waals surface area contributed by atoms with Crippen LogP contribution in [0.2, 0.25) is 0 Å². The van der Waals surface area contributed by atoms with E-state index in [0.717, 1.165) is 161 Å². The molecule has 0 spiro atoms. The Balaban J connectivity index is 0.000000137. The fourth-order valence-electron chi connectivity index (χ4n) is 14.1. The quantitative estimate of drug-likeness (QED) is 0.0343. The maximum Gasteiger partial charge on any atom is 0.277 e. The molecule has 4 saturated heterocycles.